The van der Waals surface area contributed by atoms with Crippen molar-refractivity contribution in [3.8, 4) is 0 Å². The number of hydrogen-bond donors (Lipinski definition) is 2. The predicted octanol–water partition coefficient (Wildman–Crippen LogP) is 1.84. The van der Waals surface area contributed by atoms with Crippen molar-refractivity contribution >= 4 is 17.5 Å². The third-order valence-corrected chi connectivity index (χ3v) is 4.24. The molecule has 0 radical (unpaired) electrons. The van der Waals surface area contributed by atoms with Crippen LogP contribution in [-0.4, -0.2) is 42.4 Å². The van der Waals surface area contributed by atoms with Gasteiger partial charge >= 0.3 is 0 Å². The Morgan fingerprint density at radius 3 is 2.64 bits per heavy atom. The van der Waals surface area contributed by atoms with Gasteiger partial charge in [0.1, 0.15) is 0 Å². The highest BCUT2D eigenvalue weighted by atomic mass is 16.2. The largest absolute Gasteiger partial charge is 0.352 e. The maximum Gasteiger partial charge on any atom is 0.238 e. The number of carbonyl (C=O) groups is 2. The van der Waals surface area contributed by atoms with E-state index in [2.05, 4.69) is 10.6 Å². The van der Waals surface area contributed by atoms with Gasteiger partial charge < -0.3 is 10.6 Å². The van der Waals surface area contributed by atoms with Crippen molar-refractivity contribution in [3.05, 3.63) is 29.3 Å². The first-order chi connectivity index (χ1) is 10.4. The average molecular weight is 303 g/mol. The number of nitrogens with zero attached hydrogens (tertiary/aromatic N) is 1. The topological polar surface area (TPSA) is 61.4 Å². The fourth-order valence-electron chi connectivity index (χ4n) is 2.19. The first kappa shape index (κ1) is 16.5. The number of nitrogens with one attached hydrogen (secondary N) is 2. The molecule has 1 atom stereocenters. The molecule has 120 valence electrons. The smallest absolute Gasteiger partial charge is 0.238 e. The lowest BCUT2D eigenvalue weighted by Gasteiger charge is -2.23. The predicted molar refractivity (Wildman–Crippen MR) is 87.8 cm³/mol. The summed E-state index contributed by atoms with van der Waals surface area (Å²) in [7, 11) is 1.79. The minimum atomic E-state index is -0.315. The lowest BCUT2D eigenvalue weighted by molar-refractivity contribution is -0.126. The highest BCUT2D eigenvalue weighted by Gasteiger charge is 2.27. The molecule has 2 rings (SSSR count). The summed E-state index contributed by atoms with van der Waals surface area (Å²) in [5.74, 6) is -0.119. The van der Waals surface area contributed by atoms with Crippen LogP contribution in [0.5, 0.6) is 0 Å². The van der Waals surface area contributed by atoms with Crippen molar-refractivity contribution in [1.82, 2.24) is 10.2 Å². The second kappa shape index (κ2) is 6.92. The van der Waals surface area contributed by atoms with E-state index in [-0.39, 0.29) is 24.4 Å². The molecule has 1 fully saturated rings. The number of aryl methyl sites for hydroxylation is 1. The molecule has 1 aliphatic carbocycles. The zero-order chi connectivity index (χ0) is 16.3. The van der Waals surface area contributed by atoms with Crippen LogP contribution in [0.15, 0.2) is 18.2 Å². The van der Waals surface area contributed by atoms with Gasteiger partial charge in [-0.25, -0.2) is 0 Å². The molecule has 0 bridgehead atoms. The Labute approximate surface area is 132 Å². The van der Waals surface area contributed by atoms with Crippen molar-refractivity contribution in [3.63, 3.8) is 0 Å². The van der Waals surface area contributed by atoms with Crippen LogP contribution in [-0.2, 0) is 9.59 Å². The third kappa shape index (κ3) is 4.31. The Kier molecular flexibility index (Phi) is 5.19. The van der Waals surface area contributed by atoms with Crippen molar-refractivity contribution in [2.45, 2.75) is 45.7 Å². The molecule has 5 nitrogen and oxygen atoms in total. The lowest BCUT2D eigenvalue weighted by Crippen LogP contribution is -2.46. The summed E-state index contributed by atoms with van der Waals surface area (Å²) in [6, 6.07) is 5.86. The monoisotopic (exact) mass is 303 g/mol. The van der Waals surface area contributed by atoms with Crippen LogP contribution >= 0.6 is 0 Å². The molecule has 0 saturated heterocycles. The van der Waals surface area contributed by atoms with Gasteiger partial charge in [-0.2, -0.15) is 0 Å². The number of amides is 2. The van der Waals surface area contributed by atoms with E-state index in [9.17, 15) is 9.59 Å². The normalized spacial score (nSPS) is 15.5. The Morgan fingerprint density at radius 1 is 1.32 bits per heavy atom. The maximum absolute atomic E-state index is 12.2. The van der Waals surface area contributed by atoms with E-state index in [1.165, 1.54) is 0 Å². The van der Waals surface area contributed by atoms with Gasteiger partial charge in [0.2, 0.25) is 11.8 Å². The average Bonchev–Trinajstić information content (AvgIpc) is 3.26. The fourth-order valence-corrected chi connectivity index (χ4v) is 2.19. The van der Waals surface area contributed by atoms with E-state index in [4.69, 9.17) is 0 Å². The number of anilines is 1. The Bertz CT molecular complexity index is 567. The molecule has 1 aromatic carbocycles. The Balaban J connectivity index is 1.87. The quantitative estimate of drug-likeness (QED) is 0.843. The summed E-state index contributed by atoms with van der Waals surface area (Å²) in [5, 5.41) is 5.88. The van der Waals surface area contributed by atoms with E-state index in [0.717, 1.165) is 29.7 Å². The molecule has 5 heteroatoms. The van der Waals surface area contributed by atoms with Crippen LogP contribution in [0.25, 0.3) is 0 Å². The second-order valence-corrected chi connectivity index (χ2v) is 6.17. The Hall–Kier alpha value is -1.88. The van der Waals surface area contributed by atoms with Crippen molar-refractivity contribution in [2.24, 2.45) is 0 Å². The first-order valence-electron chi connectivity index (χ1n) is 7.75. The molecule has 1 saturated carbocycles. The SMILES string of the molecule is Cc1cccc(NC(=O)CN(C)[C@H](C)C(=O)NC2CC2)c1C. The zero-order valence-corrected chi connectivity index (χ0v) is 13.8. The number of likely N-dealkylation sites (N-methyl/N-ethyl adjacent to an activating group) is 1. The first-order valence-corrected chi connectivity index (χ1v) is 7.75. The van der Waals surface area contributed by atoms with Crippen LogP contribution in [0.2, 0.25) is 0 Å². The molecule has 1 aliphatic rings. The molecule has 0 spiro atoms. The van der Waals surface area contributed by atoms with Crippen LogP contribution in [0.4, 0.5) is 5.69 Å². The van der Waals surface area contributed by atoms with Gasteiger partial charge in [-0.3, -0.25) is 14.5 Å². The van der Waals surface area contributed by atoms with Crippen LogP contribution in [0, 0.1) is 13.8 Å². The zero-order valence-electron chi connectivity index (χ0n) is 13.8. The van der Waals surface area contributed by atoms with Crippen LogP contribution in [0.1, 0.15) is 30.9 Å². The minimum Gasteiger partial charge on any atom is -0.352 e. The number of hydrogen-bond acceptors (Lipinski definition) is 3. The van der Waals surface area contributed by atoms with Gasteiger partial charge in [0.25, 0.3) is 0 Å². The molecule has 2 amide bonds. The van der Waals surface area contributed by atoms with Gasteiger partial charge in [0, 0.05) is 11.7 Å². The number of rotatable bonds is 6. The van der Waals surface area contributed by atoms with Crippen molar-refractivity contribution in [1.29, 1.82) is 0 Å². The highest BCUT2D eigenvalue weighted by Crippen LogP contribution is 2.19. The van der Waals surface area contributed by atoms with Gasteiger partial charge in [-0.05, 0) is 57.9 Å². The summed E-state index contributed by atoms with van der Waals surface area (Å²) in [6.07, 6.45) is 2.13. The van der Waals surface area contributed by atoms with Crippen LogP contribution < -0.4 is 10.6 Å². The summed E-state index contributed by atoms with van der Waals surface area (Å²) in [5.41, 5.74) is 3.04. The fraction of sp³-hybridized carbons (Fsp3) is 0.529. The minimum absolute atomic E-state index is 0.00969. The molecule has 0 heterocycles. The van der Waals surface area contributed by atoms with E-state index in [1.807, 2.05) is 39.0 Å². The van der Waals surface area contributed by atoms with Crippen molar-refractivity contribution < 1.29 is 9.59 Å². The van der Waals surface area contributed by atoms with Gasteiger partial charge in [-0.15, -0.1) is 0 Å². The summed E-state index contributed by atoms with van der Waals surface area (Å²) < 4.78 is 0. The number of benzene rings is 1. The van der Waals surface area contributed by atoms with Gasteiger partial charge in [0.15, 0.2) is 0 Å². The summed E-state index contributed by atoms with van der Waals surface area (Å²) >= 11 is 0. The number of carbonyl (C=O) groups excluding carboxylic acids is 2. The second-order valence-electron chi connectivity index (χ2n) is 6.17. The summed E-state index contributed by atoms with van der Waals surface area (Å²) in [4.78, 5) is 25.9. The Morgan fingerprint density at radius 2 is 2.00 bits per heavy atom. The third-order valence-electron chi connectivity index (χ3n) is 4.24. The lowest BCUT2D eigenvalue weighted by atomic mass is 10.1. The maximum atomic E-state index is 12.2. The molecule has 0 aromatic heterocycles. The standard InChI is InChI=1S/C17H25N3O2/c1-11-6-5-7-15(12(11)2)19-16(21)10-20(4)13(3)17(22)18-14-8-9-14/h5-7,13-14H,8-10H2,1-4H3,(H,18,22)(H,19,21)/t13-/m1/s1. The molecule has 0 unspecified atom stereocenters. The molecular weight excluding hydrogens is 278 g/mol. The summed E-state index contributed by atoms with van der Waals surface area (Å²) in [6.45, 7) is 6.01. The van der Waals surface area contributed by atoms with E-state index in [1.54, 1.807) is 11.9 Å². The van der Waals surface area contributed by atoms with E-state index >= 15 is 0 Å². The van der Waals surface area contributed by atoms with Gasteiger partial charge in [-0.1, -0.05) is 12.1 Å². The van der Waals surface area contributed by atoms with E-state index in [0.29, 0.717) is 6.04 Å². The molecule has 0 aliphatic heterocycles. The molecule has 1 aromatic rings. The molecule has 22 heavy (non-hydrogen) atoms. The molecule has 2 N–H and O–H groups in total. The molecular formula is C17H25N3O2. The van der Waals surface area contributed by atoms with Gasteiger partial charge in [0.05, 0.1) is 12.6 Å². The highest BCUT2D eigenvalue weighted by molar-refractivity contribution is 5.93. The van der Waals surface area contributed by atoms with E-state index < -0.39 is 0 Å². The van der Waals surface area contributed by atoms with Crippen LogP contribution in [0.3, 0.4) is 0 Å². The van der Waals surface area contributed by atoms with Crippen molar-refractivity contribution in [2.75, 3.05) is 18.9 Å².